The SMILES string of the molecule is Cc1ccc(N)cc1N1CCC(C(N)=O)CC1. The van der Waals surface area contributed by atoms with Crippen LogP contribution in [0.3, 0.4) is 0 Å². The summed E-state index contributed by atoms with van der Waals surface area (Å²) in [6.07, 6.45) is 1.67. The van der Waals surface area contributed by atoms with Crippen LogP contribution < -0.4 is 16.4 Å². The van der Waals surface area contributed by atoms with Gasteiger partial charge in [0, 0.05) is 30.4 Å². The van der Waals surface area contributed by atoms with E-state index in [0.29, 0.717) is 0 Å². The Kier molecular flexibility index (Phi) is 3.22. The molecule has 0 radical (unpaired) electrons. The maximum atomic E-state index is 11.1. The molecule has 0 saturated carbocycles. The number of nitrogen functional groups attached to an aromatic ring is 1. The quantitative estimate of drug-likeness (QED) is 0.756. The van der Waals surface area contributed by atoms with Gasteiger partial charge in [0.15, 0.2) is 0 Å². The Morgan fingerprint density at radius 3 is 2.59 bits per heavy atom. The molecule has 1 heterocycles. The van der Waals surface area contributed by atoms with E-state index < -0.39 is 0 Å². The van der Waals surface area contributed by atoms with Gasteiger partial charge in [-0.25, -0.2) is 0 Å². The summed E-state index contributed by atoms with van der Waals surface area (Å²) >= 11 is 0. The molecule has 4 N–H and O–H groups in total. The van der Waals surface area contributed by atoms with Gasteiger partial charge >= 0.3 is 0 Å². The zero-order valence-corrected chi connectivity index (χ0v) is 10.1. The van der Waals surface area contributed by atoms with Crippen molar-refractivity contribution in [3.05, 3.63) is 23.8 Å². The highest BCUT2D eigenvalue weighted by molar-refractivity contribution is 5.77. The third-order valence-corrected chi connectivity index (χ3v) is 3.47. The van der Waals surface area contributed by atoms with Gasteiger partial charge in [0.2, 0.25) is 5.91 Å². The van der Waals surface area contributed by atoms with E-state index in [1.54, 1.807) is 0 Å². The van der Waals surface area contributed by atoms with Crippen LogP contribution in [0.2, 0.25) is 0 Å². The molecule has 0 bridgehead atoms. The van der Waals surface area contributed by atoms with Crippen molar-refractivity contribution in [2.45, 2.75) is 19.8 Å². The number of piperidine rings is 1. The van der Waals surface area contributed by atoms with Crippen molar-refractivity contribution in [3.63, 3.8) is 0 Å². The highest BCUT2D eigenvalue weighted by atomic mass is 16.1. The topological polar surface area (TPSA) is 72.3 Å². The Morgan fingerprint density at radius 2 is 2.00 bits per heavy atom. The molecule has 1 amide bonds. The number of aryl methyl sites for hydroxylation is 1. The second-order valence-electron chi connectivity index (χ2n) is 4.71. The highest BCUT2D eigenvalue weighted by Crippen LogP contribution is 2.27. The lowest BCUT2D eigenvalue weighted by atomic mass is 9.95. The summed E-state index contributed by atoms with van der Waals surface area (Å²) in [4.78, 5) is 13.4. The van der Waals surface area contributed by atoms with Crippen molar-refractivity contribution in [2.24, 2.45) is 11.7 Å². The maximum absolute atomic E-state index is 11.1. The number of rotatable bonds is 2. The van der Waals surface area contributed by atoms with Crippen molar-refractivity contribution >= 4 is 17.3 Å². The van der Waals surface area contributed by atoms with Crippen LogP contribution in [0.4, 0.5) is 11.4 Å². The number of hydrogen-bond donors (Lipinski definition) is 2. The molecule has 1 aromatic rings. The molecule has 0 atom stereocenters. The summed E-state index contributed by atoms with van der Waals surface area (Å²) in [6.45, 7) is 3.82. The number of primary amides is 1. The summed E-state index contributed by atoms with van der Waals surface area (Å²) in [7, 11) is 0. The van der Waals surface area contributed by atoms with Crippen LogP contribution in [0, 0.1) is 12.8 Å². The first kappa shape index (κ1) is 11.8. The monoisotopic (exact) mass is 233 g/mol. The third-order valence-electron chi connectivity index (χ3n) is 3.47. The second kappa shape index (κ2) is 4.65. The first-order valence-electron chi connectivity index (χ1n) is 5.98. The van der Waals surface area contributed by atoms with E-state index in [2.05, 4.69) is 11.8 Å². The fourth-order valence-electron chi connectivity index (χ4n) is 2.37. The standard InChI is InChI=1S/C13H19N3O/c1-9-2-3-11(14)8-12(9)16-6-4-10(5-7-16)13(15)17/h2-3,8,10H,4-7,14H2,1H3,(H2,15,17). The second-order valence-corrected chi connectivity index (χ2v) is 4.71. The molecule has 4 heteroatoms. The number of nitrogens with zero attached hydrogens (tertiary/aromatic N) is 1. The Bertz CT molecular complexity index is 423. The smallest absolute Gasteiger partial charge is 0.220 e. The van der Waals surface area contributed by atoms with E-state index in [9.17, 15) is 4.79 Å². The molecule has 0 unspecified atom stereocenters. The maximum Gasteiger partial charge on any atom is 0.220 e. The van der Waals surface area contributed by atoms with Gasteiger partial charge in [-0.1, -0.05) is 6.07 Å². The molecule has 92 valence electrons. The van der Waals surface area contributed by atoms with Crippen LogP contribution in [0.1, 0.15) is 18.4 Å². The van der Waals surface area contributed by atoms with Gasteiger partial charge in [-0.05, 0) is 37.5 Å². The van der Waals surface area contributed by atoms with Crippen molar-refractivity contribution in [3.8, 4) is 0 Å². The van der Waals surface area contributed by atoms with Gasteiger partial charge in [-0.15, -0.1) is 0 Å². The van der Waals surface area contributed by atoms with Crippen LogP contribution in [-0.4, -0.2) is 19.0 Å². The van der Waals surface area contributed by atoms with E-state index >= 15 is 0 Å². The van der Waals surface area contributed by atoms with Crippen LogP contribution in [0.25, 0.3) is 0 Å². The minimum Gasteiger partial charge on any atom is -0.399 e. The number of benzene rings is 1. The highest BCUT2D eigenvalue weighted by Gasteiger charge is 2.23. The van der Waals surface area contributed by atoms with Gasteiger partial charge < -0.3 is 16.4 Å². The lowest BCUT2D eigenvalue weighted by Crippen LogP contribution is -2.38. The van der Waals surface area contributed by atoms with Crippen LogP contribution >= 0.6 is 0 Å². The minimum absolute atomic E-state index is 0.0348. The molecule has 1 fully saturated rings. The Labute approximate surface area is 102 Å². The van der Waals surface area contributed by atoms with Gasteiger partial charge in [0.25, 0.3) is 0 Å². The lowest BCUT2D eigenvalue weighted by Gasteiger charge is -2.33. The van der Waals surface area contributed by atoms with Gasteiger partial charge in [-0.2, -0.15) is 0 Å². The summed E-state index contributed by atoms with van der Waals surface area (Å²) in [6, 6.07) is 5.94. The molecule has 0 aromatic heterocycles. The molecule has 0 aliphatic carbocycles. The molecule has 1 aliphatic rings. The van der Waals surface area contributed by atoms with E-state index in [1.165, 1.54) is 11.3 Å². The number of carbonyl (C=O) groups is 1. The predicted octanol–water partition coefficient (Wildman–Crippen LogP) is 1.28. The Balaban J connectivity index is 2.10. The summed E-state index contributed by atoms with van der Waals surface area (Å²) in [5.41, 5.74) is 14.3. The number of nitrogens with two attached hydrogens (primary N) is 2. The number of anilines is 2. The zero-order valence-electron chi connectivity index (χ0n) is 10.1. The summed E-state index contributed by atoms with van der Waals surface area (Å²) in [5, 5.41) is 0. The summed E-state index contributed by atoms with van der Waals surface area (Å²) in [5.74, 6) is -0.137. The van der Waals surface area contributed by atoms with E-state index in [1.807, 2.05) is 18.2 Å². The molecule has 1 aromatic carbocycles. The fraction of sp³-hybridized carbons (Fsp3) is 0.462. The van der Waals surface area contributed by atoms with Crippen LogP contribution in [0.5, 0.6) is 0 Å². The van der Waals surface area contributed by atoms with Gasteiger partial charge in [0.1, 0.15) is 0 Å². The minimum atomic E-state index is -0.172. The molecular formula is C13H19N3O. The Hall–Kier alpha value is -1.71. The third kappa shape index (κ3) is 2.52. The average molecular weight is 233 g/mol. The molecule has 17 heavy (non-hydrogen) atoms. The van der Waals surface area contributed by atoms with Crippen molar-refractivity contribution in [1.82, 2.24) is 0 Å². The normalized spacial score (nSPS) is 17.1. The first-order chi connectivity index (χ1) is 8.08. The number of hydrogen-bond acceptors (Lipinski definition) is 3. The van der Waals surface area contributed by atoms with Crippen molar-refractivity contribution in [1.29, 1.82) is 0 Å². The molecular weight excluding hydrogens is 214 g/mol. The van der Waals surface area contributed by atoms with E-state index in [-0.39, 0.29) is 11.8 Å². The Morgan fingerprint density at radius 1 is 1.35 bits per heavy atom. The first-order valence-corrected chi connectivity index (χ1v) is 5.98. The zero-order chi connectivity index (χ0) is 12.4. The molecule has 0 spiro atoms. The van der Waals surface area contributed by atoms with Gasteiger partial charge in [0.05, 0.1) is 0 Å². The van der Waals surface area contributed by atoms with Crippen molar-refractivity contribution < 1.29 is 4.79 Å². The largest absolute Gasteiger partial charge is 0.399 e. The number of amides is 1. The lowest BCUT2D eigenvalue weighted by molar-refractivity contribution is -0.122. The van der Waals surface area contributed by atoms with E-state index in [0.717, 1.165) is 31.6 Å². The van der Waals surface area contributed by atoms with Crippen LogP contribution in [0.15, 0.2) is 18.2 Å². The van der Waals surface area contributed by atoms with Gasteiger partial charge in [-0.3, -0.25) is 4.79 Å². The molecule has 4 nitrogen and oxygen atoms in total. The fourth-order valence-corrected chi connectivity index (χ4v) is 2.37. The average Bonchev–Trinajstić information content (AvgIpc) is 2.32. The van der Waals surface area contributed by atoms with E-state index in [4.69, 9.17) is 11.5 Å². The molecule has 1 aliphatic heterocycles. The molecule has 1 saturated heterocycles. The van der Waals surface area contributed by atoms with Crippen molar-refractivity contribution in [2.75, 3.05) is 23.7 Å². The van der Waals surface area contributed by atoms with Crippen LogP contribution in [-0.2, 0) is 4.79 Å². The summed E-state index contributed by atoms with van der Waals surface area (Å²) < 4.78 is 0. The molecule has 2 rings (SSSR count). The predicted molar refractivity (Wildman–Crippen MR) is 69.7 cm³/mol. The number of carbonyl (C=O) groups excluding carboxylic acids is 1.